The maximum Gasteiger partial charge on any atom is 0.343 e. The molecule has 152 valence electrons. The van der Waals surface area contributed by atoms with E-state index in [4.69, 9.17) is 16.3 Å². The third kappa shape index (κ3) is 7.06. The number of hydrogen-bond donors (Lipinski definition) is 1. The Bertz CT molecular complexity index is 1010. The molecule has 0 aromatic heterocycles. The van der Waals surface area contributed by atoms with Crippen LogP contribution >= 0.6 is 23.4 Å². The number of rotatable bonds is 8. The summed E-state index contributed by atoms with van der Waals surface area (Å²) in [5, 5.41) is 4.65. The van der Waals surface area contributed by atoms with Crippen LogP contribution in [0.15, 0.2) is 88.9 Å². The van der Waals surface area contributed by atoms with Crippen molar-refractivity contribution in [2.24, 2.45) is 5.10 Å². The molecular weight excluding hydrogens is 420 g/mol. The Morgan fingerprint density at radius 1 is 0.967 bits per heavy atom. The van der Waals surface area contributed by atoms with Gasteiger partial charge in [0.05, 0.1) is 11.8 Å². The van der Waals surface area contributed by atoms with Crippen molar-refractivity contribution in [3.63, 3.8) is 0 Å². The van der Waals surface area contributed by atoms with E-state index in [0.29, 0.717) is 28.5 Å². The maximum atomic E-state index is 12.0. The summed E-state index contributed by atoms with van der Waals surface area (Å²) >= 11 is 7.43. The smallest absolute Gasteiger partial charge is 0.343 e. The van der Waals surface area contributed by atoms with Crippen molar-refractivity contribution in [2.45, 2.75) is 11.3 Å². The molecule has 0 saturated carbocycles. The van der Waals surface area contributed by atoms with Crippen LogP contribution in [0.1, 0.15) is 22.3 Å². The zero-order chi connectivity index (χ0) is 21.2. The molecule has 3 aromatic rings. The van der Waals surface area contributed by atoms with Crippen molar-refractivity contribution >= 4 is 41.5 Å². The summed E-state index contributed by atoms with van der Waals surface area (Å²) in [7, 11) is 0. The van der Waals surface area contributed by atoms with Crippen LogP contribution in [0.25, 0.3) is 0 Å². The molecule has 0 saturated heterocycles. The fourth-order valence-electron chi connectivity index (χ4n) is 2.39. The van der Waals surface area contributed by atoms with Crippen LogP contribution in [-0.2, 0) is 4.79 Å². The first kappa shape index (κ1) is 21.6. The number of benzene rings is 3. The molecule has 1 amide bonds. The second kappa shape index (κ2) is 11.2. The van der Waals surface area contributed by atoms with Gasteiger partial charge in [0.2, 0.25) is 5.91 Å². The number of hydrazone groups is 1. The number of halogens is 1. The highest BCUT2D eigenvalue weighted by molar-refractivity contribution is 7.99. The van der Waals surface area contributed by atoms with Crippen LogP contribution in [0.3, 0.4) is 0 Å². The van der Waals surface area contributed by atoms with Gasteiger partial charge in [0.1, 0.15) is 5.75 Å². The van der Waals surface area contributed by atoms with Crippen molar-refractivity contribution < 1.29 is 14.3 Å². The standard InChI is InChI=1S/C23H19ClN2O3S/c24-19-8-12-21(13-9-19)30-15-14-22(27)26-25-16-17-6-10-20(11-7-17)29-23(28)18-4-2-1-3-5-18/h1-13,16H,14-15H2,(H,26,27)/b25-16-. The quantitative estimate of drug-likeness (QED) is 0.173. The first-order chi connectivity index (χ1) is 14.6. The lowest BCUT2D eigenvalue weighted by atomic mass is 10.2. The van der Waals surface area contributed by atoms with Gasteiger partial charge < -0.3 is 4.74 Å². The van der Waals surface area contributed by atoms with E-state index < -0.39 is 5.97 Å². The molecule has 0 aliphatic heterocycles. The van der Waals surface area contributed by atoms with E-state index in [0.717, 1.165) is 10.5 Å². The third-order valence-electron chi connectivity index (χ3n) is 3.91. The number of amides is 1. The van der Waals surface area contributed by atoms with Crippen LogP contribution < -0.4 is 10.2 Å². The minimum absolute atomic E-state index is 0.166. The molecule has 0 radical (unpaired) electrons. The second-order valence-electron chi connectivity index (χ2n) is 6.17. The number of carbonyl (C=O) groups excluding carboxylic acids is 2. The zero-order valence-corrected chi connectivity index (χ0v) is 17.5. The number of thioether (sulfide) groups is 1. The summed E-state index contributed by atoms with van der Waals surface area (Å²) in [6, 6.07) is 23.1. The van der Waals surface area contributed by atoms with E-state index in [1.807, 2.05) is 30.3 Å². The molecule has 0 aliphatic carbocycles. The molecule has 1 N–H and O–H groups in total. The van der Waals surface area contributed by atoms with Gasteiger partial charge in [0.25, 0.3) is 0 Å². The highest BCUT2D eigenvalue weighted by Gasteiger charge is 2.07. The highest BCUT2D eigenvalue weighted by atomic mass is 35.5. The fraction of sp³-hybridized carbons (Fsp3) is 0.0870. The molecule has 3 rings (SSSR count). The molecular formula is C23H19ClN2O3S. The summed E-state index contributed by atoms with van der Waals surface area (Å²) < 4.78 is 5.32. The van der Waals surface area contributed by atoms with E-state index in [9.17, 15) is 9.59 Å². The Balaban J connectivity index is 1.40. The van der Waals surface area contributed by atoms with Crippen LogP contribution in [0.2, 0.25) is 5.02 Å². The molecule has 0 bridgehead atoms. The Kier molecular flexibility index (Phi) is 8.06. The third-order valence-corrected chi connectivity index (χ3v) is 5.18. The van der Waals surface area contributed by atoms with E-state index in [2.05, 4.69) is 10.5 Å². The van der Waals surface area contributed by atoms with Crippen molar-refractivity contribution in [1.29, 1.82) is 0 Å². The summed E-state index contributed by atoms with van der Waals surface area (Å²) in [5.74, 6) is 0.496. The average Bonchev–Trinajstić information content (AvgIpc) is 2.77. The summed E-state index contributed by atoms with van der Waals surface area (Å²) in [5.41, 5.74) is 3.76. The lowest BCUT2D eigenvalue weighted by Crippen LogP contribution is -2.17. The number of ether oxygens (including phenoxy) is 1. The van der Waals surface area contributed by atoms with Crippen LogP contribution in [0.4, 0.5) is 0 Å². The predicted molar refractivity (Wildman–Crippen MR) is 120 cm³/mol. The number of carbonyl (C=O) groups is 2. The molecule has 30 heavy (non-hydrogen) atoms. The molecule has 0 aliphatic rings. The first-order valence-corrected chi connectivity index (χ1v) is 10.5. The monoisotopic (exact) mass is 438 g/mol. The Morgan fingerprint density at radius 2 is 1.67 bits per heavy atom. The van der Waals surface area contributed by atoms with Gasteiger partial charge in [-0.25, -0.2) is 10.2 Å². The van der Waals surface area contributed by atoms with Gasteiger partial charge in [0, 0.05) is 22.1 Å². The van der Waals surface area contributed by atoms with Gasteiger partial charge in [-0.3, -0.25) is 4.79 Å². The van der Waals surface area contributed by atoms with E-state index in [1.54, 1.807) is 60.3 Å². The fourth-order valence-corrected chi connectivity index (χ4v) is 3.37. The number of nitrogens with zero attached hydrogens (tertiary/aromatic N) is 1. The highest BCUT2D eigenvalue weighted by Crippen LogP contribution is 2.20. The molecule has 0 unspecified atom stereocenters. The number of nitrogens with one attached hydrogen (secondary N) is 1. The number of hydrogen-bond acceptors (Lipinski definition) is 5. The van der Waals surface area contributed by atoms with Crippen molar-refractivity contribution in [3.05, 3.63) is 95.0 Å². The maximum absolute atomic E-state index is 12.0. The second-order valence-corrected chi connectivity index (χ2v) is 7.77. The topological polar surface area (TPSA) is 67.8 Å². The van der Waals surface area contributed by atoms with Gasteiger partial charge >= 0.3 is 5.97 Å². The van der Waals surface area contributed by atoms with Crippen LogP contribution in [-0.4, -0.2) is 23.8 Å². The van der Waals surface area contributed by atoms with Crippen LogP contribution in [0.5, 0.6) is 5.75 Å². The Labute approximate surface area is 184 Å². The largest absolute Gasteiger partial charge is 0.423 e. The average molecular weight is 439 g/mol. The lowest BCUT2D eigenvalue weighted by Gasteiger charge is -2.04. The van der Waals surface area contributed by atoms with Crippen molar-refractivity contribution in [2.75, 3.05) is 5.75 Å². The van der Waals surface area contributed by atoms with E-state index >= 15 is 0 Å². The van der Waals surface area contributed by atoms with Gasteiger partial charge in [-0.1, -0.05) is 29.8 Å². The van der Waals surface area contributed by atoms with Crippen LogP contribution in [0, 0.1) is 0 Å². The minimum Gasteiger partial charge on any atom is -0.423 e. The molecule has 0 fully saturated rings. The molecule has 3 aromatic carbocycles. The first-order valence-electron chi connectivity index (χ1n) is 9.18. The summed E-state index contributed by atoms with van der Waals surface area (Å²) in [4.78, 5) is 25.0. The minimum atomic E-state index is -0.416. The Hall–Kier alpha value is -3.09. The molecule has 7 heteroatoms. The Morgan fingerprint density at radius 3 is 2.37 bits per heavy atom. The van der Waals surface area contributed by atoms with Crippen molar-refractivity contribution in [1.82, 2.24) is 5.43 Å². The SMILES string of the molecule is O=C(CCSc1ccc(Cl)cc1)N/N=C\c1ccc(OC(=O)c2ccccc2)cc1. The normalized spacial score (nSPS) is 10.7. The summed E-state index contributed by atoms with van der Waals surface area (Å²) in [6.45, 7) is 0. The summed E-state index contributed by atoms with van der Waals surface area (Å²) in [6.07, 6.45) is 1.88. The predicted octanol–water partition coefficient (Wildman–Crippen LogP) is 5.19. The van der Waals surface area contributed by atoms with Gasteiger partial charge in [-0.2, -0.15) is 5.10 Å². The van der Waals surface area contributed by atoms with E-state index in [1.165, 1.54) is 6.21 Å². The lowest BCUT2D eigenvalue weighted by molar-refractivity contribution is -0.120. The van der Waals surface area contributed by atoms with Gasteiger partial charge in [0.15, 0.2) is 0 Å². The molecule has 5 nitrogen and oxygen atoms in total. The van der Waals surface area contributed by atoms with Gasteiger partial charge in [-0.15, -0.1) is 11.8 Å². The molecule has 0 spiro atoms. The van der Waals surface area contributed by atoms with Gasteiger partial charge in [-0.05, 0) is 66.2 Å². The number of esters is 1. The van der Waals surface area contributed by atoms with Crippen molar-refractivity contribution in [3.8, 4) is 5.75 Å². The molecule has 0 heterocycles. The zero-order valence-electron chi connectivity index (χ0n) is 16.0. The molecule has 0 atom stereocenters. The van der Waals surface area contributed by atoms with E-state index in [-0.39, 0.29) is 5.91 Å².